The predicted molar refractivity (Wildman–Crippen MR) is 84.5 cm³/mol. The molecular formula is C14H11IN2O4. The topological polar surface area (TPSA) is 88.5 Å². The van der Waals surface area contributed by atoms with E-state index >= 15 is 0 Å². The molecule has 0 atom stereocenters. The molecule has 0 unspecified atom stereocenters. The smallest absolute Gasteiger partial charge is 0.358 e. The molecule has 0 aliphatic heterocycles. The number of hydrogen-bond acceptors (Lipinski definition) is 4. The molecule has 0 spiro atoms. The number of anilines is 1. The van der Waals surface area contributed by atoms with Crippen molar-refractivity contribution < 1.29 is 19.4 Å². The normalized spacial score (nSPS) is 9.95. The number of benzene rings is 1. The third-order valence-electron chi connectivity index (χ3n) is 2.44. The van der Waals surface area contributed by atoms with Crippen LogP contribution in [0.4, 0.5) is 5.69 Å². The maximum absolute atomic E-state index is 11.8. The van der Waals surface area contributed by atoms with E-state index in [0.29, 0.717) is 5.69 Å². The van der Waals surface area contributed by atoms with Crippen molar-refractivity contribution in [2.75, 3.05) is 11.9 Å². The number of ether oxygens (including phenoxy) is 1. The van der Waals surface area contributed by atoms with Crippen molar-refractivity contribution in [3.63, 3.8) is 0 Å². The molecule has 2 rings (SSSR count). The third kappa shape index (κ3) is 4.42. The lowest BCUT2D eigenvalue weighted by atomic mass is 10.3. The van der Waals surface area contributed by atoms with Crippen LogP contribution in [0.1, 0.15) is 10.5 Å². The molecule has 0 saturated carbocycles. The van der Waals surface area contributed by atoms with E-state index in [9.17, 15) is 9.59 Å². The molecule has 1 heterocycles. The Bertz CT molecular complexity index is 676. The van der Waals surface area contributed by atoms with Crippen molar-refractivity contribution in [1.82, 2.24) is 4.98 Å². The van der Waals surface area contributed by atoms with E-state index in [2.05, 4.69) is 32.9 Å². The predicted octanol–water partition coefficient (Wildman–Crippen LogP) is 2.40. The van der Waals surface area contributed by atoms with Crippen LogP contribution >= 0.6 is 22.6 Å². The van der Waals surface area contributed by atoms with Crippen LogP contribution in [-0.4, -0.2) is 28.6 Å². The first-order valence-corrected chi connectivity index (χ1v) is 7.00. The number of carboxylic acids is 1. The van der Waals surface area contributed by atoms with Gasteiger partial charge in [-0.3, -0.25) is 4.79 Å². The third-order valence-corrected chi connectivity index (χ3v) is 3.11. The molecule has 2 aromatic rings. The SMILES string of the molecule is O=C(COc1cccnc1C(=O)O)Nc1cccc(I)c1. The summed E-state index contributed by atoms with van der Waals surface area (Å²) >= 11 is 2.14. The van der Waals surface area contributed by atoms with Crippen molar-refractivity contribution in [2.24, 2.45) is 0 Å². The minimum Gasteiger partial charge on any atom is -0.481 e. The largest absolute Gasteiger partial charge is 0.481 e. The van der Waals surface area contributed by atoms with Crippen LogP contribution in [0.5, 0.6) is 5.75 Å². The molecular weight excluding hydrogens is 387 g/mol. The fourth-order valence-corrected chi connectivity index (χ4v) is 2.12. The van der Waals surface area contributed by atoms with Crippen molar-refractivity contribution in [3.05, 3.63) is 51.9 Å². The van der Waals surface area contributed by atoms with E-state index in [0.717, 1.165) is 3.57 Å². The number of rotatable bonds is 5. The number of aromatic nitrogens is 1. The van der Waals surface area contributed by atoms with Gasteiger partial charge in [0.2, 0.25) is 0 Å². The highest BCUT2D eigenvalue weighted by Gasteiger charge is 2.13. The summed E-state index contributed by atoms with van der Waals surface area (Å²) < 4.78 is 6.20. The minimum absolute atomic E-state index is 0.0581. The molecule has 2 N–H and O–H groups in total. The summed E-state index contributed by atoms with van der Waals surface area (Å²) in [4.78, 5) is 26.4. The van der Waals surface area contributed by atoms with Crippen molar-refractivity contribution in [3.8, 4) is 5.75 Å². The number of nitrogens with one attached hydrogen (secondary N) is 1. The molecule has 7 heteroatoms. The van der Waals surface area contributed by atoms with Gasteiger partial charge < -0.3 is 15.2 Å². The average molecular weight is 398 g/mol. The van der Waals surface area contributed by atoms with Crippen molar-refractivity contribution in [1.29, 1.82) is 0 Å². The number of carbonyl (C=O) groups is 2. The first kappa shape index (κ1) is 15.2. The highest BCUT2D eigenvalue weighted by Crippen LogP contribution is 2.16. The molecule has 0 bridgehead atoms. The zero-order valence-corrected chi connectivity index (χ0v) is 12.9. The van der Waals surface area contributed by atoms with Gasteiger partial charge in [0.05, 0.1) is 0 Å². The lowest BCUT2D eigenvalue weighted by Gasteiger charge is -2.09. The molecule has 0 saturated heterocycles. The van der Waals surface area contributed by atoms with Crippen molar-refractivity contribution >= 4 is 40.2 Å². The first-order chi connectivity index (χ1) is 10.1. The number of halogens is 1. The molecule has 0 radical (unpaired) electrons. The molecule has 21 heavy (non-hydrogen) atoms. The maximum atomic E-state index is 11.8. The van der Waals surface area contributed by atoms with Crippen LogP contribution in [0.2, 0.25) is 0 Å². The second-order valence-corrected chi connectivity index (χ2v) is 5.25. The Hall–Kier alpha value is -2.16. The highest BCUT2D eigenvalue weighted by atomic mass is 127. The molecule has 1 aromatic carbocycles. The number of amides is 1. The average Bonchev–Trinajstić information content (AvgIpc) is 2.45. The van der Waals surface area contributed by atoms with Gasteiger partial charge in [-0.1, -0.05) is 6.07 Å². The summed E-state index contributed by atoms with van der Waals surface area (Å²) in [5.41, 5.74) is 0.430. The monoisotopic (exact) mass is 398 g/mol. The van der Waals surface area contributed by atoms with Crippen LogP contribution in [0, 0.1) is 3.57 Å². The van der Waals surface area contributed by atoms with E-state index < -0.39 is 5.97 Å². The van der Waals surface area contributed by atoms with E-state index in [4.69, 9.17) is 9.84 Å². The van der Waals surface area contributed by atoms with Crippen LogP contribution in [0.15, 0.2) is 42.6 Å². The Morgan fingerprint density at radius 3 is 2.81 bits per heavy atom. The summed E-state index contributed by atoms with van der Waals surface area (Å²) in [5, 5.41) is 11.6. The zero-order chi connectivity index (χ0) is 15.2. The van der Waals surface area contributed by atoms with Gasteiger partial charge in [-0.2, -0.15) is 0 Å². The second-order valence-electron chi connectivity index (χ2n) is 4.00. The van der Waals surface area contributed by atoms with E-state index in [1.54, 1.807) is 12.1 Å². The summed E-state index contributed by atoms with van der Waals surface area (Å²) in [6.07, 6.45) is 1.35. The molecule has 108 valence electrons. The summed E-state index contributed by atoms with van der Waals surface area (Å²) in [6, 6.07) is 10.3. The Morgan fingerprint density at radius 1 is 1.29 bits per heavy atom. The number of carbonyl (C=O) groups excluding carboxylic acids is 1. The first-order valence-electron chi connectivity index (χ1n) is 5.93. The Labute approximate surface area is 134 Å². The van der Waals surface area contributed by atoms with E-state index in [1.807, 2.05) is 18.2 Å². The summed E-state index contributed by atoms with van der Waals surface area (Å²) in [5.74, 6) is -1.52. The zero-order valence-electron chi connectivity index (χ0n) is 10.7. The van der Waals surface area contributed by atoms with Crippen molar-refractivity contribution in [2.45, 2.75) is 0 Å². The van der Waals surface area contributed by atoms with Gasteiger partial charge in [0.1, 0.15) is 0 Å². The van der Waals surface area contributed by atoms with Crippen LogP contribution in [0.3, 0.4) is 0 Å². The molecule has 6 nitrogen and oxygen atoms in total. The summed E-state index contributed by atoms with van der Waals surface area (Å²) in [6.45, 7) is -0.294. The number of pyridine rings is 1. The number of nitrogens with zero attached hydrogens (tertiary/aromatic N) is 1. The van der Waals surface area contributed by atoms with E-state index in [-0.39, 0.29) is 24.0 Å². The fraction of sp³-hybridized carbons (Fsp3) is 0.0714. The van der Waals surface area contributed by atoms with Gasteiger partial charge >= 0.3 is 5.97 Å². The highest BCUT2D eigenvalue weighted by molar-refractivity contribution is 14.1. The lowest BCUT2D eigenvalue weighted by molar-refractivity contribution is -0.118. The van der Waals surface area contributed by atoms with Crippen LogP contribution < -0.4 is 10.1 Å². The molecule has 0 fully saturated rings. The fourth-order valence-electron chi connectivity index (χ4n) is 1.57. The van der Waals surface area contributed by atoms with Gasteiger partial charge in [0.25, 0.3) is 5.91 Å². The van der Waals surface area contributed by atoms with Gasteiger partial charge in [0.15, 0.2) is 18.1 Å². The van der Waals surface area contributed by atoms with Gasteiger partial charge in [0, 0.05) is 15.5 Å². The quantitative estimate of drug-likeness (QED) is 0.756. The van der Waals surface area contributed by atoms with Crippen LogP contribution in [-0.2, 0) is 4.79 Å². The molecule has 0 aliphatic carbocycles. The van der Waals surface area contributed by atoms with Gasteiger partial charge in [-0.05, 0) is 52.9 Å². The summed E-state index contributed by atoms with van der Waals surface area (Å²) in [7, 11) is 0. The van der Waals surface area contributed by atoms with E-state index in [1.165, 1.54) is 12.3 Å². The molecule has 1 amide bonds. The standard InChI is InChI=1S/C14H11IN2O4/c15-9-3-1-4-10(7-9)17-12(18)8-21-11-5-2-6-16-13(11)14(19)20/h1-7H,8H2,(H,17,18)(H,19,20). The Kier molecular flexibility index (Phi) is 5.09. The maximum Gasteiger partial charge on any atom is 0.358 e. The Morgan fingerprint density at radius 2 is 2.10 bits per heavy atom. The number of hydrogen-bond donors (Lipinski definition) is 2. The lowest BCUT2D eigenvalue weighted by Crippen LogP contribution is -2.21. The van der Waals surface area contributed by atoms with Gasteiger partial charge in [-0.25, -0.2) is 9.78 Å². The second kappa shape index (κ2) is 7.02. The number of aromatic carboxylic acids is 1. The molecule has 0 aliphatic rings. The number of carboxylic acid groups (broad SMARTS) is 1. The van der Waals surface area contributed by atoms with Gasteiger partial charge in [-0.15, -0.1) is 0 Å². The Balaban J connectivity index is 1.97. The molecule has 1 aromatic heterocycles. The minimum atomic E-state index is -1.20. The van der Waals surface area contributed by atoms with Crippen LogP contribution in [0.25, 0.3) is 0 Å².